The van der Waals surface area contributed by atoms with Crippen LogP contribution < -0.4 is 11.1 Å². The second kappa shape index (κ2) is 6.65. The van der Waals surface area contributed by atoms with Crippen LogP contribution in [0.5, 0.6) is 0 Å². The number of nitrogens with two attached hydrogens (primary N) is 1. The summed E-state index contributed by atoms with van der Waals surface area (Å²) in [6, 6.07) is 1.59. The Labute approximate surface area is 117 Å². The molecule has 0 bridgehead atoms. The Hall–Kier alpha value is -1.43. The minimum Gasteiger partial charge on any atom is -0.462 e. The van der Waals surface area contributed by atoms with E-state index in [-0.39, 0.29) is 0 Å². The van der Waals surface area contributed by atoms with Gasteiger partial charge in [0.05, 0.1) is 17.9 Å². The number of nitrogens with zero attached hydrogens (tertiary/aromatic N) is 1. The highest BCUT2D eigenvalue weighted by molar-refractivity contribution is 8.00. The molecule has 1 unspecified atom stereocenters. The lowest BCUT2D eigenvalue weighted by Gasteiger charge is -2.13. The van der Waals surface area contributed by atoms with Crippen molar-refractivity contribution in [1.82, 2.24) is 4.98 Å². The molecule has 0 amide bonds. The van der Waals surface area contributed by atoms with E-state index in [9.17, 15) is 4.79 Å². The van der Waals surface area contributed by atoms with Crippen molar-refractivity contribution in [3.8, 4) is 0 Å². The summed E-state index contributed by atoms with van der Waals surface area (Å²) < 4.78 is 4.96. The fourth-order valence-corrected chi connectivity index (χ4v) is 3.22. The van der Waals surface area contributed by atoms with Crippen molar-refractivity contribution in [2.45, 2.75) is 25.0 Å². The summed E-state index contributed by atoms with van der Waals surface area (Å²) >= 11 is 1.96. The molecule has 1 aromatic rings. The number of esters is 1. The Bertz CT molecular complexity index is 448. The number of carbonyl (C=O) groups excluding carboxylic acids is 1. The van der Waals surface area contributed by atoms with E-state index in [1.165, 1.54) is 18.6 Å². The number of rotatable bonds is 5. The molecule has 0 spiro atoms. The highest BCUT2D eigenvalue weighted by Crippen LogP contribution is 2.27. The van der Waals surface area contributed by atoms with Crippen LogP contribution in [0, 0.1) is 0 Å². The van der Waals surface area contributed by atoms with Gasteiger partial charge in [0.15, 0.2) is 0 Å². The molecule has 1 saturated heterocycles. The van der Waals surface area contributed by atoms with Gasteiger partial charge < -0.3 is 15.8 Å². The molecule has 6 heteroatoms. The highest BCUT2D eigenvalue weighted by atomic mass is 32.2. The van der Waals surface area contributed by atoms with Gasteiger partial charge in [-0.05, 0) is 31.6 Å². The van der Waals surface area contributed by atoms with Gasteiger partial charge in [-0.2, -0.15) is 11.8 Å². The van der Waals surface area contributed by atoms with Gasteiger partial charge in [0, 0.05) is 18.0 Å². The number of hydrogen-bond acceptors (Lipinski definition) is 6. The second-order valence-corrected chi connectivity index (χ2v) is 5.77. The van der Waals surface area contributed by atoms with Crippen LogP contribution in [-0.2, 0) is 4.74 Å². The summed E-state index contributed by atoms with van der Waals surface area (Å²) in [6.45, 7) is 2.93. The summed E-state index contributed by atoms with van der Waals surface area (Å²) in [5.41, 5.74) is 6.70. The maximum atomic E-state index is 11.7. The Morgan fingerprint density at radius 1 is 1.68 bits per heavy atom. The third kappa shape index (κ3) is 3.53. The van der Waals surface area contributed by atoms with Crippen LogP contribution >= 0.6 is 11.8 Å². The number of carbonyl (C=O) groups is 1. The molecule has 0 saturated carbocycles. The number of aromatic nitrogens is 1. The standard InChI is InChI=1S/C13H19N3O2S/c1-2-18-13(17)10-5-6-15-12(11(10)14)16-8-9-4-3-7-19-9/h5-6,9H,2-4,7-8,14H2,1H3,(H,15,16). The molecule has 19 heavy (non-hydrogen) atoms. The summed E-state index contributed by atoms with van der Waals surface area (Å²) in [7, 11) is 0. The molecule has 1 fully saturated rings. The number of nitrogens with one attached hydrogen (secondary N) is 1. The van der Waals surface area contributed by atoms with E-state index < -0.39 is 5.97 Å². The maximum absolute atomic E-state index is 11.7. The van der Waals surface area contributed by atoms with Crippen LogP contribution in [0.3, 0.4) is 0 Å². The van der Waals surface area contributed by atoms with Gasteiger partial charge in [0.25, 0.3) is 0 Å². The topological polar surface area (TPSA) is 77.2 Å². The first-order valence-corrected chi connectivity index (χ1v) is 7.54. The van der Waals surface area contributed by atoms with Crippen LogP contribution in [0.25, 0.3) is 0 Å². The smallest absolute Gasteiger partial charge is 0.340 e. The molecule has 1 aromatic heterocycles. The molecule has 5 nitrogen and oxygen atoms in total. The number of pyridine rings is 1. The first-order valence-electron chi connectivity index (χ1n) is 6.49. The number of nitrogen functional groups attached to an aromatic ring is 1. The fraction of sp³-hybridized carbons (Fsp3) is 0.538. The van der Waals surface area contributed by atoms with Crippen LogP contribution in [0.4, 0.5) is 11.5 Å². The van der Waals surface area contributed by atoms with Gasteiger partial charge >= 0.3 is 5.97 Å². The third-order valence-corrected chi connectivity index (χ3v) is 4.40. The van der Waals surface area contributed by atoms with Crippen LogP contribution in [-0.4, -0.2) is 35.1 Å². The predicted molar refractivity (Wildman–Crippen MR) is 78.6 cm³/mol. The lowest BCUT2D eigenvalue weighted by Crippen LogP contribution is -2.17. The Balaban J connectivity index is 2.03. The van der Waals surface area contributed by atoms with E-state index in [0.717, 1.165) is 6.54 Å². The average molecular weight is 281 g/mol. The summed E-state index contributed by atoms with van der Waals surface area (Å²) in [5, 5.41) is 3.83. The largest absolute Gasteiger partial charge is 0.462 e. The Morgan fingerprint density at radius 2 is 2.53 bits per heavy atom. The molecule has 3 N–H and O–H groups in total. The normalized spacial score (nSPS) is 18.3. The van der Waals surface area contributed by atoms with Gasteiger partial charge in [-0.3, -0.25) is 0 Å². The van der Waals surface area contributed by atoms with Crippen LogP contribution in [0.15, 0.2) is 12.3 Å². The van der Waals surface area contributed by atoms with E-state index in [0.29, 0.717) is 28.9 Å². The molecule has 1 aliphatic heterocycles. The van der Waals surface area contributed by atoms with Crippen molar-refractivity contribution in [2.75, 3.05) is 30.0 Å². The molecular weight excluding hydrogens is 262 g/mol. The van der Waals surface area contributed by atoms with Gasteiger partial charge in [-0.1, -0.05) is 0 Å². The molecule has 104 valence electrons. The summed E-state index contributed by atoms with van der Waals surface area (Å²) in [5.74, 6) is 1.39. The van der Waals surface area contributed by atoms with Crippen molar-refractivity contribution in [1.29, 1.82) is 0 Å². The number of anilines is 2. The molecule has 2 heterocycles. The van der Waals surface area contributed by atoms with Crippen molar-refractivity contribution in [3.63, 3.8) is 0 Å². The average Bonchev–Trinajstić information content (AvgIpc) is 2.91. The first-order chi connectivity index (χ1) is 9.22. The number of hydrogen-bond donors (Lipinski definition) is 2. The van der Waals surface area contributed by atoms with Gasteiger partial charge in [0.1, 0.15) is 5.82 Å². The van der Waals surface area contributed by atoms with Crippen molar-refractivity contribution < 1.29 is 9.53 Å². The zero-order valence-electron chi connectivity index (χ0n) is 11.0. The summed E-state index contributed by atoms with van der Waals surface area (Å²) in [4.78, 5) is 15.9. The molecule has 1 aliphatic rings. The van der Waals surface area contributed by atoms with Crippen molar-refractivity contribution >= 4 is 29.2 Å². The molecule has 0 aromatic carbocycles. The predicted octanol–water partition coefficient (Wildman–Crippen LogP) is 2.15. The molecular formula is C13H19N3O2S. The van der Waals surface area contributed by atoms with E-state index in [4.69, 9.17) is 10.5 Å². The van der Waals surface area contributed by atoms with Crippen LogP contribution in [0.2, 0.25) is 0 Å². The van der Waals surface area contributed by atoms with Gasteiger partial charge in [0.2, 0.25) is 0 Å². The minimum absolute atomic E-state index is 0.335. The van der Waals surface area contributed by atoms with E-state index in [1.54, 1.807) is 19.2 Å². The fourth-order valence-electron chi connectivity index (χ4n) is 2.02. The molecule has 1 atom stereocenters. The minimum atomic E-state index is -0.402. The Kier molecular flexibility index (Phi) is 4.90. The molecule has 0 radical (unpaired) electrons. The monoisotopic (exact) mass is 281 g/mol. The first kappa shape index (κ1) is 14.0. The zero-order valence-corrected chi connectivity index (χ0v) is 11.8. The van der Waals surface area contributed by atoms with Crippen LogP contribution in [0.1, 0.15) is 30.1 Å². The highest BCUT2D eigenvalue weighted by Gasteiger charge is 2.18. The third-order valence-electron chi connectivity index (χ3n) is 3.01. The number of thioether (sulfide) groups is 1. The van der Waals surface area contributed by atoms with E-state index in [1.807, 2.05) is 11.8 Å². The van der Waals surface area contributed by atoms with E-state index in [2.05, 4.69) is 10.3 Å². The Morgan fingerprint density at radius 3 is 3.21 bits per heavy atom. The van der Waals surface area contributed by atoms with Crippen molar-refractivity contribution in [2.24, 2.45) is 0 Å². The zero-order chi connectivity index (χ0) is 13.7. The quantitative estimate of drug-likeness (QED) is 0.805. The van der Waals surface area contributed by atoms with E-state index >= 15 is 0 Å². The lowest BCUT2D eigenvalue weighted by molar-refractivity contribution is 0.0527. The van der Waals surface area contributed by atoms with Crippen molar-refractivity contribution in [3.05, 3.63) is 17.8 Å². The second-order valence-electron chi connectivity index (χ2n) is 4.36. The van der Waals surface area contributed by atoms with Gasteiger partial charge in [-0.15, -0.1) is 0 Å². The number of ether oxygens (including phenoxy) is 1. The lowest BCUT2D eigenvalue weighted by atomic mass is 10.2. The maximum Gasteiger partial charge on any atom is 0.340 e. The SMILES string of the molecule is CCOC(=O)c1ccnc(NCC2CCCS2)c1N. The summed E-state index contributed by atoms with van der Waals surface area (Å²) in [6.07, 6.45) is 4.06. The molecule has 0 aliphatic carbocycles. The molecule has 2 rings (SSSR count). The van der Waals surface area contributed by atoms with Gasteiger partial charge in [-0.25, -0.2) is 9.78 Å².